The molecule has 2 rings (SSSR count). The predicted molar refractivity (Wildman–Crippen MR) is 93.9 cm³/mol. The molecule has 0 aliphatic carbocycles. The minimum Gasteiger partial charge on any atom is -1.00 e. The van der Waals surface area contributed by atoms with E-state index in [1.54, 1.807) is 12.1 Å². The van der Waals surface area contributed by atoms with Crippen molar-refractivity contribution in [1.82, 2.24) is 5.32 Å². The Labute approximate surface area is 159 Å². The number of carbonyl (C=O) groups is 1. The van der Waals surface area contributed by atoms with Crippen LogP contribution in [0.1, 0.15) is 11.1 Å². The summed E-state index contributed by atoms with van der Waals surface area (Å²) in [6, 6.07) is 14.9. The van der Waals surface area contributed by atoms with Crippen molar-refractivity contribution in [3.05, 3.63) is 71.5 Å². The Morgan fingerprint density at radius 2 is 1.62 bits per heavy atom. The number of amides is 1. The first kappa shape index (κ1) is 22.1. The Morgan fingerprint density at radius 3 is 2.19 bits per heavy atom. The lowest BCUT2D eigenvalue weighted by Crippen LogP contribution is -3.00. The molecule has 26 heavy (non-hydrogen) atoms. The van der Waals surface area contributed by atoms with Gasteiger partial charge >= 0.3 is 7.12 Å². The average Bonchev–Trinajstić information content (AvgIpc) is 2.60. The van der Waals surface area contributed by atoms with Gasteiger partial charge in [-0.2, -0.15) is 0 Å². The molecular weight excluding hydrogens is 357 g/mol. The van der Waals surface area contributed by atoms with Crippen molar-refractivity contribution in [3.63, 3.8) is 0 Å². The monoisotopic (exact) mass is 380 g/mol. The highest BCUT2D eigenvalue weighted by Crippen LogP contribution is 2.15. The normalized spacial score (nSPS) is 12.6. The molecule has 140 valence electrons. The molecule has 2 aromatic rings. The number of quaternary nitrogens is 1. The van der Waals surface area contributed by atoms with Crippen LogP contribution in [0.3, 0.4) is 0 Å². The molecule has 1 unspecified atom stereocenters. The van der Waals surface area contributed by atoms with Crippen molar-refractivity contribution in [1.29, 1.82) is 0 Å². The van der Waals surface area contributed by atoms with Gasteiger partial charge in [0.1, 0.15) is 5.82 Å². The maximum absolute atomic E-state index is 12.9. The minimum absolute atomic E-state index is 0. The van der Waals surface area contributed by atoms with Crippen LogP contribution in [0.25, 0.3) is 0 Å². The van der Waals surface area contributed by atoms with Crippen molar-refractivity contribution in [2.24, 2.45) is 0 Å². The highest BCUT2D eigenvalue weighted by molar-refractivity contribution is 6.43. The zero-order valence-corrected chi connectivity index (χ0v) is 15.1. The largest absolute Gasteiger partial charge is 1.00 e. The number of hydrogen-bond donors (Lipinski definition) is 4. The first-order valence-corrected chi connectivity index (χ1v) is 8.21. The second-order valence-corrected chi connectivity index (χ2v) is 6.14. The Kier molecular flexibility index (Phi) is 9.30. The first-order valence-electron chi connectivity index (χ1n) is 8.21. The van der Waals surface area contributed by atoms with E-state index in [0.29, 0.717) is 12.8 Å². The molecule has 0 aromatic heterocycles. The second-order valence-electron chi connectivity index (χ2n) is 6.14. The Morgan fingerprint density at radius 1 is 1.04 bits per heavy atom. The highest BCUT2D eigenvalue weighted by atomic mass is 35.5. The number of hydrogen-bond acceptors (Lipinski definition) is 3. The molecule has 0 spiro atoms. The number of carbonyl (C=O) groups excluding carboxylic acids is 1. The van der Waals surface area contributed by atoms with E-state index in [4.69, 9.17) is 0 Å². The van der Waals surface area contributed by atoms with Crippen LogP contribution in [0.15, 0.2) is 54.6 Å². The van der Waals surface area contributed by atoms with Gasteiger partial charge in [0.25, 0.3) is 5.91 Å². The zero-order valence-electron chi connectivity index (χ0n) is 14.3. The van der Waals surface area contributed by atoms with E-state index in [1.807, 2.05) is 30.3 Å². The van der Waals surface area contributed by atoms with Crippen molar-refractivity contribution in [2.45, 2.75) is 24.7 Å². The summed E-state index contributed by atoms with van der Waals surface area (Å²) in [5, 5.41) is 21.8. The van der Waals surface area contributed by atoms with Crippen LogP contribution in [0.2, 0.25) is 5.82 Å². The Bertz CT molecular complexity index is 674. The number of halogens is 2. The van der Waals surface area contributed by atoms with Crippen molar-refractivity contribution < 1.29 is 37.4 Å². The third kappa shape index (κ3) is 7.13. The molecule has 0 radical (unpaired) electrons. The van der Waals surface area contributed by atoms with Crippen LogP contribution in [-0.4, -0.2) is 35.7 Å². The van der Waals surface area contributed by atoms with Crippen LogP contribution in [0, 0.1) is 5.82 Å². The van der Waals surface area contributed by atoms with E-state index in [1.165, 1.54) is 12.1 Å². The molecule has 2 aromatic carbocycles. The third-order valence-electron chi connectivity index (χ3n) is 4.07. The number of rotatable bonds is 8. The summed E-state index contributed by atoms with van der Waals surface area (Å²) in [6.45, 7) is 0.106. The summed E-state index contributed by atoms with van der Waals surface area (Å²) in [5.41, 5.74) is 5.66. The molecule has 1 amide bonds. The van der Waals surface area contributed by atoms with Crippen LogP contribution < -0.4 is 23.5 Å². The fraction of sp³-hybridized carbons (Fsp3) is 0.278. The van der Waals surface area contributed by atoms with Crippen molar-refractivity contribution >= 4 is 13.0 Å². The fourth-order valence-corrected chi connectivity index (χ4v) is 2.57. The molecular formula is C18H23BClFN2O3. The lowest BCUT2D eigenvalue weighted by atomic mass is 9.69. The number of benzene rings is 2. The molecule has 8 heteroatoms. The molecule has 6 N–H and O–H groups in total. The van der Waals surface area contributed by atoms with Crippen LogP contribution in [-0.2, 0) is 17.6 Å². The van der Waals surface area contributed by atoms with E-state index in [-0.39, 0.29) is 30.7 Å². The molecule has 0 aliphatic rings. The highest BCUT2D eigenvalue weighted by Gasteiger charge is 2.26. The van der Waals surface area contributed by atoms with Gasteiger partial charge in [-0.3, -0.25) is 4.79 Å². The SMILES string of the molecule is [Cl-].[NH3+][C@@H](Cc1ccccc1)C(=O)NCC(Cc1ccc(F)cc1)B(O)O. The molecule has 5 nitrogen and oxygen atoms in total. The standard InChI is InChI=1S/C18H22BFN2O3.ClH/c20-16-8-6-14(7-9-16)10-15(19(24)25)12-22-18(23)17(21)11-13-4-2-1-3-5-13;/h1-9,15,17,24-25H,10-12,21H2,(H,22,23);1H/t15?,17-;/m0./s1. The van der Waals surface area contributed by atoms with Crippen LogP contribution >= 0.6 is 0 Å². The topological polar surface area (TPSA) is 97.2 Å². The molecule has 0 saturated heterocycles. The maximum Gasteiger partial charge on any atom is 0.456 e. The van der Waals surface area contributed by atoms with E-state index < -0.39 is 19.0 Å². The Balaban J connectivity index is 0.00000338. The minimum atomic E-state index is -1.58. The van der Waals surface area contributed by atoms with Gasteiger partial charge in [0.05, 0.1) is 0 Å². The lowest BCUT2D eigenvalue weighted by molar-refractivity contribution is -0.403. The van der Waals surface area contributed by atoms with E-state index >= 15 is 0 Å². The summed E-state index contributed by atoms with van der Waals surface area (Å²) in [7, 11) is -1.58. The summed E-state index contributed by atoms with van der Waals surface area (Å²) >= 11 is 0. The average molecular weight is 381 g/mol. The third-order valence-corrected chi connectivity index (χ3v) is 4.07. The van der Waals surface area contributed by atoms with Gasteiger partial charge in [0, 0.05) is 18.8 Å². The van der Waals surface area contributed by atoms with E-state index in [9.17, 15) is 19.2 Å². The Hall–Kier alpha value is -1.93. The maximum atomic E-state index is 12.9. The zero-order chi connectivity index (χ0) is 18.2. The lowest BCUT2D eigenvalue weighted by Gasteiger charge is -2.18. The van der Waals surface area contributed by atoms with Crippen LogP contribution in [0.5, 0.6) is 0 Å². The summed E-state index contributed by atoms with van der Waals surface area (Å²) < 4.78 is 12.9. The summed E-state index contributed by atoms with van der Waals surface area (Å²) in [4.78, 5) is 12.2. The summed E-state index contributed by atoms with van der Waals surface area (Å²) in [6.07, 6.45) is 0.829. The number of nitrogens with one attached hydrogen (secondary N) is 1. The van der Waals surface area contributed by atoms with Gasteiger partial charge in [0.2, 0.25) is 0 Å². The van der Waals surface area contributed by atoms with Gasteiger partial charge in [0.15, 0.2) is 6.04 Å². The van der Waals surface area contributed by atoms with Gasteiger partial charge in [-0.1, -0.05) is 42.5 Å². The molecule has 0 fully saturated rings. The first-order chi connectivity index (χ1) is 12.0. The van der Waals surface area contributed by atoms with Crippen molar-refractivity contribution in [3.8, 4) is 0 Å². The molecule has 0 saturated carbocycles. The summed E-state index contributed by atoms with van der Waals surface area (Å²) in [5.74, 6) is -1.18. The van der Waals surface area contributed by atoms with E-state index in [0.717, 1.165) is 11.1 Å². The molecule has 0 bridgehead atoms. The smallest absolute Gasteiger partial charge is 0.456 e. The quantitative estimate of drug-likeness (QED) is 0.372. The van der Waals surface area contributed by atoms with Gasteiger partial charge in [-0.15, -0.1) is 0 Å². The van der Waals surface area contributed by atoms with Gasteiger partial charge < -0.3 is 33.5 Å². The van der Waals surface area contributed by atoms with Crippen LogP contribution in [0.4, 0.5) is 4.39 Å². The molecule has 2 atom stereocenters. The second kappa shape index (κ2) is 10.9. The van der Waals surface area contributed by atoms with Crippen molar-refractivity contribution in [2.75, 3.05) is 6.54 Å². The fourth-order valence-electron chi connectivity index (χ4n) is 2.57. The molecule has 0 aliphatic heterocycles. The molecule has 0 heterocycles. The van der Waals surface area contributed by atoms with Gasteiger partial charge in [-0.05, 0) is 29.7 Å². The van der Waals surface area contributed by atoms with Gasteiger partial charge in [-0.25, -0.2) is 4.39 Å². The predicted octanol–water partition coefficient (Wildman–Crippen LogP) is -2.82. The van der Waals surface area contributed by atoms with E-state index in [2.05, 4.69) is 11.1 Å².